The quantitative estimate of drug-likeness (QED) is 0.738. The van der Waals surface area contributed by atoms with Gasteiger partial charge in [0.2, 0.25) is 5.91 Å². The van der Waals surface area contributed by atoms with Gasteiger partial charge in [0.1, 0.15) is 12.4 Å². The number of amides is 1. The fourth-order valence-corrected chi connectivity index (χ4v) is 3.16. The van der Waals surface area contributed by atoms with Crippen LogP contribution in [-0.2, 0) is 17.9 Å². The van der Waals surface area contributed by atoms with Crippen molar-refractivity contribution in [2.75, 3.05) is 0 Å². The van der Waals surface area contributed by atoms with Crippen LogP contribution < -0.4 is 11.0 Å². The lowest BCUT2D eigenvalue weighted by Crippen LogP contribution is -2.33. The van der Waals surface area contributed by atoms with E-state index in [-0.39, 0.29) is 12.5 Å². The first-order valence-electron chi connectivity index (χ1n) is 7.55. The molecule has 9 heteroatoms. The summed E-state index contributed by atoms with van der Waals surface area (Å²) in [4.78, 5) is 29.0. The number of aromatic nitrogens is 4. The van der Waals surface area contributed by atoms with Gasteiger partial charge in [0.25, 0.3) is 0 Å². The molecule has 0 saturated carbocycles. The number of aryl methyl sites for hydroxylation is 2. The zero-order valence-electron chi connectivity index (χ0n) is 13.7. The molecule has 0 bridgehead atoms. The van der Waals surface area contributed by atoms with E-state index in [1.807, 2.05) is 12.3 Å². The molecule has 2 heterocycles. The van der Waals surface area contributed by atoms with Gasteiger partial charge in [-0.1, -0.05) is 23.7 Å². The first-order chi connectivity index (χ1) is 12.0. The number of carbonyl (C=O) groups is 1. The minimum absolute atomic E-state index is 0.113. The zero-order chi connectivity index (χ0) is 18.0. The average molecular weight is 378 g/mol. The topological polar surface area (TPSA) is 81.8 Å². The van der Waals surface area contributed by atoms with Gasteiger partial charge in [-0.2, -0.15) is 9.78 Å². The fourth-order valence-electron chi connectivity index (χ4n) is 2.33. The average Bonchev–Trinajstić information content (AvgIpc) is 3.11. The van der Waals surface area contributed by atoms with E-state index in [2.05, 4.69) is 15.4 Å². The van der Waals surface area contributed by atoms with E-state index in [9.17, 15) is 9.59 Å². The molecular weight excluding hydrogens is 362 g/mol. The second kappa shape index (κ2) is 7.20. The molecule has 0 aliphatic heterocycles. The minimum atomic E-state index is -0.412. The van der Waals surface area contributed by atoms with E-state index in [0.29, 0.717) is 23.1 Å². The Balaban J connectivity index is 1.76. The van der Waals surface area contributed by atoms with Crippen LogP contribution in [-0.4, -0.2) is 25.2 Å². The number of halogens is 1. The summed E-state index contributed by atoms with van der Waals surface area (Å²) in [6.45, 7) is 3.79. The molecule has 25 heavy (non-hydrogen) atoms. The summed E-state index contributed by atoms with van der Waals surface area (Å²) in [5.74, 6) is 0.152. The summed E-state index contributed by atoms with van der Waals surface area (Å²) in [5, 5.41) is 10.2. The van der Waals surface area contributed by atoms with E-state index in [1.165, 1.54) is 20.6 Å². The summed E-state index contributed by atoms with van der Waals surface area (Å²) in [7, 11) is 0. The molecule has 130 valence electrons. The number of hydrogen-bond acceptors (Lipinski definition) is 5. The molecule has 0 spiro atoms. The van der Waals surface area contributed by atoms with Crippen molar-refractivity contribution < 1.29 is 4.79 Å². The number of thiazole rings is 1. The summed E-state index contributed by atoms with van der Waals surface area (Å²) in [6.07, 6.45) is 0. The minimum Gasteiger partial charge on any atom is -0.349 e. The standard InChI is InChI=1S/C16H16ClN5O2S/c1-10-20-22(14-6-4-3-5-13(14)17)16(24)21(10)8-15(23)18-7-12-9-25-11(2)19-12/h3-6,9H,7-8H2,1-2H3,(H,18,23). The van der Waals surface area contributed by atoms with Crippen LogP contribution in [0.3, 0.4) is 0 Å². The van der Waals surface area contributed by atoms with Crippen LogP contribution in [0.2, 0.25) is 5.02 Å². The predicted molar refractivity (Wildman–Crippen MR) is 96.3 cm³/mol. The molecule has 0 fully saturated rings. The zero-order valence-corrected chi connectivity index (χ0v) is 15.3. The number of rotatable bonds is 5. The highest BCUT2D eigenvalue weighted by Gasteiger charge is 2.16. The first kappa shape index (κ1) is 17.4. The van der Waals surface area contributed by atoms with Crippen molar-refractivity contribution in [1.82, 2.24) is 24.6 Å². The normalized spacial score (nSPS) is 10.8. The molecule has 1 amide bonds. The Morgan fingerprint density at radius 1 is 1.32 bits per heavy atom. The Kier molecular flexibility index (Phi) is 5.00. The maximum absolute atomic E-state index is 12.6. The van der Waals surface area contributed by atoms with Gasteiger partial charge < -0.3 is 5.32 Å². The molecule has 3 rings (SSSR count). The predicted octanol–water partition coefficient (Wildman–Crippen LogP) is 2.08. The van der Waals surface area contributed by atoms with Crippen molar-refractivity contribution in [2.24, 2.45) is 0 Å². The summed E-state index contributed by atoms with van der Waals surface area (Å²) in [5.41, 5.74) is 0.867. The fraction of sp³-hybridized carbons (Fsp3) is 0.250. The van der Waals surface area contributed by atoms with Crippen LogP contribution in [0.5, 0.6) is 0 Å². The summed E-state index contributed by atoms with van der Waals surface area (Å²) < 4.78 is 2.51. The van der Waals surface area contributed by atoms with Crippen LogP contribution in [0.4, 0.5) is 0 Å². The summed E-state index contributed by atoms with van der Waals surface area (Å²) in [6, 6.07) is 6.92. The Labute approximate surface area is 152 Å². The van der Waals surface area contributed by atoms with Crippen molar-refractivity contribution in [3.63, 3.8) is 0 Å². The maximum Gasteiger partial charge on any atom is 0.351 e. The highest BCUT2D eigenvalue weighted by molar-refractivity contribution is 7.09. The van der Waals surface area contributed by atoms with Crippen molar-refractivity contribution in [1.29, 1.82) is 0 Å². The number of nitrogens with zero attached hydrogens (tertiary/aromatic N) is 4. The van der Waals surface area contributed by atoms with Crippen molar-refractivity contribution in [3.05, 3.63) is 61.7 Å². The number of nitrogens with one attached hydrogen (secondary N) is 1. The third kappa shape index (κ3) is 3.80. The Hall–Kier alpha value is -2.45. The second-order valence-electron chi connectivity index (χ2n) is 5.41. The second-order valence-corrected chi connectivity index (χ2v) is 6.88. The number of hydrogen-bond donors (Lipinski definition) is 1. The number of para-hydroxylation sites is 1. The smallest absolute Gasteiger partial charge is 0.349 e. The van der Waals surface area contributed by atoms with Crippen LogP contribution >= 0.6 is 22.9 Å². The Morgan fingerprint density at radius 2 is 2.08 bits per heavy atom. The number of carbonyl (C=O) groups excluding carboxylic acids is 1. The van der Waals surface area contributed by atoms with Gasteiger partial charge in [-0.15, -0.1) is 11.3 Å². The van der Waals surface area contributed by atoms with E-state index in [0.717, 1.165) is 10.7 Å². The van der Waals surface area contributed by atoms with Crippen LogP contribution in [0.25, 0.3) is 5.69 Å². The molecule has 0 atom stereocenters. The molecule has 0 aliphatic rings. The van der Waals surface area contributed by atoms with Crippen LogP contribution in [0.15, 0.2) is 34.4 Å². The Morgan fingerprint density at radius 3 is 2.76 bits per heavy atom. The molecule has 2 aromatic heterocycles. The van der Waals surface area contributed by atoms with Crippen molar-refractivity contribution in [3.8, 4) is 5.69 Å². The SMILES string of the molecule is Cc1nc(CNC(=O)Cn2c(C)nn(-c3ccccc3Cl)c2=O)cs1. The molecule has 7 nitrogen and oxygen atoms in total. The largest absolute Gasteiger partial charge is 0.351 e. The molecule has 0 aliphatic carbocycles. The van der Waals surface area contributed by atoms with E-state index >= 15 is 0 Å². The molecule has 1 aromatic carbocycles. The lowest BCUT2D eigenvalue weighted by Gasteiger charge is -2.04. The van der Waals surface area contributed by atoms with E-state index in [4.69, 9.17) is 11.6 Å². The van der Waals surface area contributed by atoms with Gasteiger partial charge >= 0.3 is 5.69 Å². The molecular formula is C16H16ClN5O2S. The first-order valence-corrected chi connectivity index (χ1v) is 8.80. The summed E-state index contributed by atoms with van der Waals surface area (Å²) >= 11 is 7.65. The van der Waals surface area contributed by atoms with Crippen LogP contribution in [0, 0.1) is 13.8 Å². The lowest BCUT2D eigenvalue weighted by molar-refractivity contribution is -0.121. The van der Waals surface area contributed by atoms with Crippen molar-refractivity contribution in [2.45, 2.75) is 26.9 Å². The molecule has 0 saturated heterocycles. The molecule has 0 radical (unpaired) electrons. The van der Waals surface area contributed by atoms with Gasteiger partial charge in [-0.25, -0.2) is 9.78 Å². The van der Waals surface area contributed by atoms with Gasteiger partial charge in [-0.3, -0.25) is 9.36 Å². The lowest BCUT2D eigenvalue weighted by atomic mass is 10.3. The van der Waals surface area contributed by atoms with Gasteiger partial charge in [0.05, 0.1) is 28.0 Å². The highest BCUT2D eigenvalue weighted by atomic mass is 35.5. The maximum atomic E-state index is 12.6. The molecule has 0 unspecified atom stereocenters. The molecule has 1 N–H and O–H groups in total. The third-order valence-electron chi connectivity index (χ3n) is 3.56. The van der Waals surface area contributed by atoms with Crippen LogP contribution in [0.1, 0.15) is 16.5 Å². The van der Waals surface area contributed by atoms with Gasteiger partial charge in [0.15, 0.2) is 0 Å². The van der Waals surface area contributed by atoms with Gasteiger partial charge in [0, 0.05) is 5.38 Å². The number of benzene rings is 1. The van der Waals surface area contributed by atoms with Crippen molar-refractivity contribution >= 4 is 28.8 Å². The van der Waals surface area contributed by atoms with E-state index in [1.54, 1.807) is 31.2 Å². The monoisotopic (exact) mass is 377 g/mol. The Bertz CT molecular complexity index is 975. The van der Waals surface area contributed by atoms with E-state index < -0.39 is 5.69 Å². The molecule has 3 aromatic rings. The third-order valence-corrected chi connectivity index (χ3v) is 4.70. The highest BCUT2D eigenvalue weighted by Crippen LogP contribution is 2.17. The van der Waals surface area contributed by atoms with Gasteiger partial charge in [-0.05, 0) is 26.0 Å².